The number of fused-ring (bicyclic) bond motifs is 1. The fourth-order valence-electron chi connectivity index (χ4n) is 3.16. The highest BCUT2D eigenvalue weighted by molar-refractivity contribution is 5.88. The van der Waals surface area contributed by atoms with Crippen molar-refractivity contribution in [2.75, 3.05) is 5.32 Å². The summed E-state index contributed by atoms with van der Waals surface area (Å²) in [6.07, 6.45) is -6.69. The minimum absolute atomic E-state index is 0.0416. The third kappa shape index (κ3) is 4.49. The second-order valence-corrected chi connectivity index (χ2v) is 7.07. The molecule has 0 aliphatic heterocycles. The van der Waals surface area contributed by atoms with Crippen molar-refractivity contribution in [3.8, 4) is 0 Å². The number of anilines is 1. The standard InChI is InChI=1S/C20H18F6N4O/c1-9(12-5-4-6-13(17(12)21)18(22)23)27-19-14-8-30(10(2)20(24,25)26)16(31)7-15(14)28-11(3)29-19/h4-10,18H,1-3H3,(H,27,28,29)/t9-,10-/m1/s1. The first kappa shape index (κ1) is 22.6. The average Bonchev–Trinajstić information content (AvgIpc) is 2.65. The summed E-state index contributed by atoms with van der Waals surface area (Å²) < 4.78 is 80.5. The van der Waals surface area contributed by atoms with Crippen LogP contribution in [0.3, 0.4) is 0 Å². The summed E-state index contributed by atoms with van der Waals surface area (Å²) >= 11 is 0. The molecule has 31 heavy (non-hydrogen) atoms. The van der Waals surface area contributed by atoms with Crippen molar-refractivity contribution in [3.63, 3.8) is 0 Å². The number of aromatic nitrogens is 3. The SMILES string of the molecule is Cc1nc(N[C@H](C)c2cccc(C(F)F)c2F)c2cn([C@H](C)C(F)(F)F)c(=O)cc2n1. The summed E-state index contributed by atoms with van der Waals surface area (Å²) in [6.45, 7) is 3.84. The molecule has 0 saturated carbocycles. The first-order valence-corrected chi connectivity index (χ1v) is 9.20. The molecule has 0 amide bonds. The molecule has 0 aliphatic carbocycles. The summed E-state index contributed by atoms with van der Waals surface area (Å²) in [5, 5.41) is 2.94. The maximum Gasteiger partial charge on any atom is 0.408 e. The maximum absolute atomic E-state index is 14.5. The van der Waals surface area contributed by atoms with E-state index in [0.717, 1.165) is 25.3 Å². The van der Waals surface area contributed by atoms with Gasteiger partial charge in [0, 0.05) is 17.8 Å². The van der Waals surface area contributed by atoms with E-state index in [-0.39, 0.29) is 28.1 Å². The normalized spacial score (nSPS) is 14.1. The van der Waals surface area contributed by atoms with Crippen LogP contribution in [0.1, 0.15) is 49.3 Å². The Labute approximate surface area is 172 Å². The predicted molar refractivity (Wildman–Crippen MR) is 103 cm³/mol. The minimum atomic E-state index is -4.66. The van der Waals surface area contributed by atoms with Crippen LogP contribution < -0.4 is 10.9 Å². The van der Waals surface area contributed by atoms with E-state index in [1.165, 1.54) is 26.0 Å². The second-order valence-electron chi connectivity index (χ2n) is 7.07. The molecule has 2 heterocycles. The van der Waals surface area contributed by atoms with Crippen LogP contribution in [0.15, 0.2) is 35.3 Å². The van der Waals surface area contributed by atoms with E-state index in [2.05, 4.69) is 15.3 Å². The van der Waals surface area contributed by atoms with E-state index >= 15 is 0 Å². The van der Waals surface area contributed by atoms with Gasteiger partial charge in [-0.15, -0.1) is 0 Å². The molecule has 2 atom stereocenters. The Kier molecular flexibility index (Phi) is 5.97. The van der Waals surface area contributed by atoms with Crippen molar-refractivity contribution < 1.29 is 26.3 Å². The first-order chi connectivity index (χ1) is 14.4. The van der Waals surface area contributed by atoms with E-state index in [4.69, 9.17) is 0 Å². The molecule has 3 aromatic rings. The van der Waals surface area contributed by atoms with Crippen molar-refractivity contribution in [1.82, 2.24) is 14.5 Å². The van der Waals surface area contributed by atoms with Crippen molar-refractivity contribution in [2.24, 2.45) is 0 Å². The van der Waals surface area contributed by atoms with Gasteiger partial charge in [0.25, 0.3) is 12.0 Å². The minimum Gasteiger partial charge on any atom is -0.363 e. The van der Waals surface area contributed by atoms with Crippen LogP contribution in [0.4, 0.5) is 32.2 Å². The lowest BCUT2D eigenvalue weighted by atomic mass is 10.0. The fourth-order valence-corrected chi connectivity index (χ4v) is 3.16. The van der Waals surface area contributed by atoms with E-state index in [1.54, 1.807) is 0 Å². The van der Waals surface area contributed by atoms with Crippen molar-refractivity contribution in [1.29, 1.82) is 0 Å². The van der Waals surface area contributed by atoms with Crippen molar-refractivity contribution in [2.45, 2.75) is 45.5 Å². The number of pyridine rings is 1. The molecule has 0 aliphatic rings. The quantitative estimate of drug-likeness (QED) is 0.530. The zero-order valence-electron chi connectivity index (χ0n) is 16.6. The molecule has 0 unspecified atom stereocenters. The van der Waals surface area contributed by atoms with Crippen LogP contribution in [0.5, 0.6) is 0 Å². The number of alkyl halides is 5. The molecule has 0 saturated heterocycles. The number of hydrogen-bond donors (Lipinski definition) is 1. The van der Waals surface area contributed by atoms with Gasteiger partial charge >= 0.3 is 6.18 Å². The highest BCUT2D eigenvalue weighted by Crippen LogP contribution is 2.32. The molecular formula is C20H18F6N4O. The Hall–Kier alpha value is -3.11. The van der Waals surface area contributed by atoms with Gasteiger partial charge in [-0.25, -0.2) is 23.1 Å². The van der Waals surface area contributed by atoms with Crippen molar-refractivity contribution >= 4 is 16.7 Å². The van der Waals surface area contributed by atoms with Crippen LogP contribution >= 0.6 is 0 Å². The average molecular weight is 444 g/mol. The van der Waals surface area contributed by atoms with Gasteiger partial charge in [0.1, 0.15) is 23.5 Å². The highest BCUT2D eigenvalue weighted by atomic mass is 19.4. The first-order valence-electron chi connectivity index (χ1n) is 9.20. The lowest BCUT2D eigenvalue weighted by molar-refractivity contribution is -0.163. The van der Waals surface area contributed by atoms with Gasteiger partial charge in [-0.2, -0.15) is 13.2 Å². The Bertz CT molecular complexity index is 1170. The molecule has 11 heteroatoms. The van der Waals surface area contributed by atoms with Gasteiger partial charge < -0.3 is 9.88 Å². The Morgan fingerprint density at radius 3 is 2.35 bits per heavy atom. The van der Waals surface area contributed by atoms with E-state index < -0.39 is 41.6 Å². The number of nitrogens with one attached hydrogen (secondary N) is 1. The molecule has 166 valence electrons. The Balaban J connectivity index is 2.10. The molecule has 3 rings (SSSR count). The van der Waals surface area contributed by atoms with Gasteiger partial charge in [-0.1, -0.05) is 18.2 Å². The summed E-state index contributed by atoms with van der Waals surface area (Å²) in [5.41, 5.74) is -1.63. The molecular weight excluding hydrogens is 426 g/mol. The third-order valence-corrected chi connectivity index (χ3v) is 4.87. The van der Waals surface area contributed by atoms with Crippen LogP contribution in [0, 0.1) is 12.7 Å². The van der Waals surface area contributed by atoms with E-state index in [0.29, 0.717) is 4.57 Å². The highest BCUT2D eigenvalue weighted by Gasteiger charge is 2.38. The van der Waals surface area contributed by atoms with E-state index in [1.807, 2.05) is 0 Å². The van der Waals surface area contributed by atoms with Gasteiger partial charge in [-0.05, 0) is 20.8 Å². The number of halogens is 6. The number of hydrogen-bond acceptors (Lipinski definition) is 4. The summed E-state index contributed by atoms with van der Waals surface area (Å²) in [7, 11) is 0. The summed E-state index contributed by atoms with van der Waals surface area (Å²) in [5.74, 6) is -0.833. The summed E-state index contributed by atoms with van der Waals surface area (Å²) in [6, 6.07) is 1.56. The van der Waals surface area contributed by atoms with Crippen LogP contribution in [0.25, 0.3) is 10.9 Å². The second kappa shape index (κ2) is 8.20. The third-order valence-electron chi connectivity index (χ3n) is 4.87. The zero-order chi connectivity index (χ0) is 23.1. The monoisotopic (exact) mass is 444 g/mol. The van der Waals surface area contributed by atoms with Gasteiger partial charge in [0.15, 0.2) is 0 Å². The smallest absolute Gasteiger partial charge is 0.363 e. The number of nitrogens with zero attached hydrogens (tertiary/aromatic N) is 3. The Morgan fingerprint density at radius 1 is 1.10 bits per heavy atom. The van der Waals surface area contributed by atoms with Crippen molar-refractivity contribution in [3.05, 3.63) is 63.6 Å². The predicted octanol–water partition coefficient (Wildman–Crippen LogP) is 5.47. The molecule has 0 bridgehead atoms. The molecule has 0 radical (unpaired) electrons. The number of benzene rings is 1. The zero-order valence-corrected chi connectivity index (χ0v) is 16.6. The maximum atomic E-state index is 14.5. The lowest BCUT2D eigenvalue weighted by Gasteiger charge is -2.21. The fraction of sp³-hybridized carbons (Fsp3) is 0.350. The molecule has 0 fully saturated rings. The Morgan fingerprint density at radius 2 is 1.74 bits per heavy atom. The molecule has 0 spiro atoms. The molecule has 1 aromatic carbocycles. The van der Waals surface area contributed by atoms with Gasteiger partial charge in [-0.3, -0.25) is 4.79 Å². The van der Waals surface area contributed by atoms with Crippen LogP contribution in [-0.4, -0.2) is 20.7 Å². The lowest BCUT2D eigenvalue weighted by Crippen LogP contribution is -2.32. The van der Waals surface area contributed by atoms with Gasteiger partial charge in [0.05, 0.1) is 22.5 Å². The number of aryl methyl sites for hydroxylation is 1. The van der Waals surface area contributed by atoms with E-state index in [9.17, 15) is 31.1 Å². The van der Waals surface area contributed by atoms with Crippen LogP contribution in [0.2, 0.25) is 0 Å². The molecule has 2 aromatic heterocycles. The molecule has 5 nitrogen and oxygen atoms in total. The largest absolute Gasteiger partial charge is 0.408 e. The molecule has 1 N–H and O–H groups in total. The summed E-state index contributed by atoms with van der Waals surface area (Å²) in [4.78, 5) is 20.4. The topological polar surface area (TPSA) is 59.8 Å². The van der Waals surface area contributed by atoms with Crippen LogP contribution in [-0.2, 0) is 0 Å². The van der Waals surface area contributed by atoms with Gasteiger partial charge in [0.2, 0.25) is 0 Å². The number of rotatable bonds is 5.